The molecule has 36 heavy (non-hydrogen) atoms. The molecule has 3 heterocycles. The van der Waals surface area contributed by atoms with Crippen molar-refractivity contribution in [2.45, 2.75) is 26.1 Å². The van der Waals surface area contributed by atoms with Gasteiger partial charge in [-0.1, -0.05) is 30.3 Å². The van der Waals surface area contributed by atoms with Crippen LogP contribution in [0, 0.1) is 0 Å². The van der Waals surface area contributed by atoms with E-state index in [0.717, 1.165) is 27.6 Å². The summed E-state index contributed by atoms with van der Waals surface area (Å²) in [6.07, 6.45) is 1.15. The Labute approximate surface area is 209 Å². The first kappa shape index (κ1) is 23.4. The fourth-order valence-electron chi connectivity index (χ4n) is 4.64. The zero-order valence-corrected chi connectivity index (χ0v) is 20.3. The average molecular weight is 490 g/mol. The van der Waals surface area contributed by atoms with Crippen LogP contribution in [0.3, 0.4) is 0 Å². The maximum Gasteiger partial charge on any atom is 0.328 e. The zero-order valence-electron chi connectivity index (χ0n) is 20.3. The molecule has 0 aliphatic carbocycles. The van der Waals surface area contributed by atoms with E-state index < -0.39 is 36.7 Å². The number of anilines is 1. The lowest BCUT2D eigenvalue weighted by Crippen LogP contribution is -2.65. The highest BCUT2D eigenvalue weighted by Gasteiger charge is 2.55. The molecule has 10 heteroatoms. The lowest BCUT2D eigenvalue weighted by atomic mass is 10.1. The van der Waals surface area contributed by atoms with Gasteiger partial charge in [-0.3, -0.25) is 24.3 Å². The summed E-state index contributed by atoms with van der Waals surface area (Å²) in [5, 5.41) is 0. The van der Waals surface area contributed by atoms with Crippen LogP contribution in [-0.2, 0) is 14.3 Å². The van der Waals surface area contributed by atoms with Crippen LogP contribution in [0.1, 0.15) is 19.4 Å². The number of fused-ring (bicyclic) bond motifs is 3. The van der Waals surface area contributed by atoms with Crippen LogP contribution < -0.4 is 9.64 Å². The third-order valence-corrected chi connectivity index (χ3v) is 6.28. The zero-order chi connectivity index (χ0) is 25.4. The number of carbonyl (C=O) groups is 3. The molecule has 3 aliphatic rings. The Morgan fingerprint density at radius 2 is 1.72 bits per heavy atom. The Bertz CT molecular complexity index is 1240. The highest BCUT2D eigenvalue weighted by molar-refractivity contribution is 6.16. The molecule has 0 bridgehead atoms. The molecular weight excluding hydrogens is 462 g/mol. The molecule has 2 unspecified atom stereocenters. The first-order valence-electron chi connectivity index (χ1n) is 11.8. The average Bonchev–Trinajstić information content (AvgIpc) is 3.43. The van der Waals surface area contributed by atoms with Crippen molar-refractivity contribution in [2.75, 3.05) is 31.7 Å². The monoisotopic (exact) mass is 489 g/mol. The van der Waals surface area contributed by atoms with Crippen molar-refractivity contribution >= 4 is 35.3 Å². The van der Waals surface area contributed by atoms with E-state index in [1.807, 2.05) is 72.6 Å². The fourth-order valence-corrected chi connectivity index (χ4v) is 4.64. The van der Waals surface area contributed by atoms with E-state index in [0.29, 0.717) is 12.6 Å². The highest BCUT2D eigenvalue weighted by atomic mass is 16.5. The van der Waals surface area contributed by atoms with Crippen molar-refractivity contribution in [3.05, 3.63) is 66.4 Å². The molecule has 2 aromatic rings. The number of amides is 3. The highest BCUT2D eigenvalue weighted by Crippen LogP contribution is 2.40. The quantitative estimate of drug-likeness (QED) is 0.552. The number of ether oxygens (including phenoxy) is 2. The third kappa shape index (κ3) is 3.84. The van der Waals surface area contributed by atoms with Gasteiger partial charge in [0.05, 0.1) is 18.9 Å². The van der Waals surface area contributed by atoms with E-state index in [1.54, 1.807) is 18.9 Å². The molecule has 0 N–H and O–H groups in total. The van der Waals surface area contributed by atoms with Gasteiger partial charge >= 0.3 is 12.0 Å². The molecule has 3 aliphatic heterocycles. The topological polar surface area (TPSA) is 95.0 Å². The van der Waals surface area contributed by atoms with Gasteiger partial charge in [0.2, 0.25) is 5.96 Å². The number of carbonyl (C=O) groups excluding carboxylic acids is 3. The molecule has 186 valence electrons. The smallest absolute Gasteiger partial charge is 0.328 e. The molecule has 0 spiro atoms. The number of aliphatic imine (C=N–C) groups is 1. The summed E-state index contributed by atoms with van der Waals surface area (Å²) in [5.74, 6) is 0.147. The van der Waals surface area contributed by atoms with E-state index in [4.69, 9.17) is 14.5 Å². The second-order valence-electron chi connectivity index (χ2n) is 8.46. The Morgan fingerprint density at radius 3 is 2.39 bits per heavy atom. The van der Waals surface area contributed by atoms with Crippen LogP contribution in [0.15, 0.2) is 65.8 Å². The molecule has 5 rings (SSSR count). The molecular formula is C26H27N5O5. The van der Waals surface area contributed by atoms with E-state index in [-0.39, 0.29) is 6.61 Å². The van der Waals surface area contributed by atoms with Gasteiger partial charge in [0.25, 0.3) is 5.91 Å². The van der Waals surface area contributed by atoms with Crippen molar-refractivity contribution in [2.24, 2.45) is 4.99 Å². The van der Waals surface area contributed by atoms with Crippen LogP contribution in [0.2, 0.25) is 0 Å². The van der Waals surface area contributed by atoms with E-state index in [9.17, 15) is 14.4 Å². The Kier molecular flexibility index (Phi) is 6.09. The lowest BCUT2D eigenvalue weighted by molar-refractivity contribution is -0.150. The maximum absolute atomic E-state index is 13.5. The number of guanidine groups is 1. The van der Waals surface area contributed by atoms with Crippen molar-refractivity contribution in [1.29, 1.82) is 0 Å². The number of likely N-dealkylation sites (N-methyl/N-ethyl adjacent to an activating group) is 1. The second kappa shape index (κ2) is 9.37. The molecule has 3 amide bonds. The third-order valence-electron chi connectivity index (χ3n) is 6.28. The molecule has 0 radical (unpaired) electrons. The minimum absolute atomic E-state index is 0.163. The largest absolute Gasteiger partial charge is 0.494 e. The summed E-state index contributed by atoms with van der Waals surface area (Å²) in [4.78, 5) is 49.5. The number of nitrogens with zero attached hydrogens (tertiary/aromatic N) is 5. The summed E-state index contributed by atoms with van der Waals surface area (Å²) in [5.41, 5.74) is 2.61. The Balaban J connectivity index is 1.54. The number of hydrogen-bond acceptors (Lipinski definition) is 8. The molecule has 2 aromatic carbocycles. The Morgan fingerprint density at radius 1 is 1.00 bits per heavy atom. The number of benzene rings is 2. The molecule has 0 saturated carbocycles. The summed E-state index contributed by atoms with van der Waals surface area (Å²) in [7, 11) is 1.58. The minimum atomic E-state index is -0.802. The first-order chi connectivity index (χ1) is 17.4. The number of imide groups is 1. The van der Waals surface area contributed by atoms with Gasteiger partial charge in [0.15, 0.2) is 12.2 Å². The van der Waals surface area contributed by atoms with Gasteiger partial charge < -0.3 is 14.4 Å². The van der Waals surface area contributed by atoms with Gasteiger partial charge in [0, 0.05) is 24.5 Å². The van der Waals surface area contributed by atoms with Crippen molar-refractivity contribution in [1.82, 2.24) is 14.7 Å². The molecule has 10 nitrogen and oxygen atoms in total. The van der Waals surface area contributed by atoms with E-state index >= 15 is 0 Å². The van der Waals surface area contributed by atoms with Gasteiger partial charge in [-0.15, -0.1) is 0 Å². The molecule has 2 atom stereocenters. The summed E-state index contributed by atoms with van der Waals surface area (Å²) in [6.45, 7) is 3.88. The molecule has 1 fully saturated rings. The molecule has 0 aromatic heterocycles. The van der Waals surface area contributed by atoms with Crippen LogP contribution in [0.25, 0.3) is 5.70 Å². The van der Waals surface area contributed by atoms with Crippen molar-refractivity contribution in [3.63, 3.8) is 0 Å². The van der Waals surface area contributed by atoms with Gasteiger partial charge in [0.1, 0.15) is 12.3 Å². The number of esters is 1. The fraction of sp³-hybridized carbons (Fsp3) is 0.308. The van der Waals surface area contributed by atoms with Crippen LogP contribution in [0.5, 0.6) is 5.75 Å². The number of urea groups is 1. The van der Waals surface area contributed by atoms with E-state index in [1.165, 1.54) is 4.90 Å². The second-order valence-corrected chi connectivity index (χ2v) is 8.46. The SMILES string of the molecule is CCOC(=O)CN1C(=O)C2C(N=C3N(c4ccc(OCC)cc4)C(c4ccccc4)=CN32)N(C)C1=O. The van der Waals surface area contributed by atoms with Crippen molar-refractivity contribution in [3.8, 4) is 5.75 Å². The normalized spacial score (nSPS) is 20.8. The predicted octanol–water partition coefficient (Wildman–Crippen LogP) is 2.73. The first-order valence-corrected chi connectivity index (χ1v) is 11.8. The number of rotatable bonds is 7. The number of hydrogen-bond donors (Lipinski definition) is 0. The maximum atomic E-state index is 13.5. The predicted molar refractivity (Wildman–Crippen MR) is 133 cm³/mol. The summed E-state index contributed by atoms with van der Waals surface area (Å²) in [6, 6.07) is 16.0. The van der Waals surface area contributed by atoms with Gasteiger partial charge in [-0.25, -0.2) is 9.79 Å². The van der Waals surface area contributed by atoms with Crippen molar-refractivity contribution < 1.29 is 23.9 Å². The van der Waals surface area contributed by atoms with Gasteiger partial charge in [-0.05, 0) is 38.1 Å². The lowest BCUT2D eigenvalue weighted by Gasteiger charge is -2.39. The minimum Gasteiger partial charge on any atom is -0.494 e. The van der Waals surface area contributed by atoms with Crippen LogP contribution in [-0.4, -0.2) is 77.6 Å². The standard InChI is InChI=1S/C26H27N5O5/c1-4-35-19-13-11-18(12-14-19)31-20(17-9-7-6-8-10-17)15-29-22-23(27-25(29)31)28(3)26(34)30(24(22)33)16-21(32)36-5-2/h6-15,22-23H,4-5,16H2,1-3H3. The van der Waals surface area contributed by atoms with E-state index in [2.05, 4.69) is 0 Å². The van der Waals surface area contributed by atoms with Crippen LogP contribution in [0.4, 0.5) is 10.5 Å². The Hall–Kier alpha value is -4.34. The summed E-state index contributed by atoms with van der Waals surface area (Å²) < 4.78 is 10.6. The van der Waals surface area contributed by atoms with Gasteiger partial charge in [-0.2, -0.15) is 0 Å². The molecule has 1 saturated heterocycles. The van der Waals surface area contributed by atoms with Crippen LogP contribution >= 0.6 is 0 Å². The summed E-state index contributed by atoms with van der Waals surface area (Å²) >= 11 is 0.